The molecule has 0 spiro atoms. The van der Waals surface area contributed by atoms with Gasteiger partial charge in [-0.25, -0.2) is 0 Å². The van der Waals surface area contributed by atoms with Gasteiger partial charge in [0.05, 0.1) is 11.7 Å². The van der Waals surface area contributed by atoms with Crippen LogP contribution in [-0.4, -0.2) is 74.2 Å². The number of carbonyl (C=O) groups excluding carboxylic acids is 2. The van der Waals surface area contributed by atoms with Gasteiger partial charge in [0, 0.05) is 51.5 Å². The third-order valence-corrected chi connectivity index (χ3v) is 5.69. The fourth-order valence-corrected chi connectivity index (χ4v) is 3.77. The van der Waals surface area contributed by atoms with Crippen molar-refractivity contribution in [3.63, 3.8) is 0 Å². The number of methoxy groups -OCH3 is 1. The summed E-state index contributed by atoms with van der Waals surface area (Å²) in [6, 6.07) is 5.40. The number of anilines is 1. The van der Waals surface area contributed by atoms with Crippen LogP contribution in [0.15, 0.2) is 18.2 Å². The number of fused-ring (bicyclic) bond motifs is 1. The van der Waals surface area contributed by atoms with E-state index in [9.17, 15) is 9.59 Å². The summed E-state index contributed by atoms with van der Waals surface area (Å²) >= 11 is 0. The van der Waals surface area contributed by atoms with E-state index in [0.29, 0.717) is 36.6 Å². The number of hydrogen-bond acceptors (Lipinski definition) is 5. The van der Waals surface area contributed by atoms with E-state index >= 15 is 0 Å². The van der Waals surface area contributed by atoms with Gasteiger partial charge in [0.15, 0.2) is 0 Å². The molecule has 2 amide bonds. The molecule has 0 fully saturated rings. The van der Waals surface area contributed by atoms with Gasteiger partial charge >= 0.3 is 0 Å². The Morgan fingerprint density at radius 2 is 2.00 bits per heavy atom. The number of amides is 2. The Kier molecular flexibility index (Phi) is 9.11. The zero-order chi connectivity index (χ0) is 22.3. The van der Waals surface area contributed by atoms with Crippen molar-refractivity contribution in [1.82, 2.24) is 9.80 Å². The summed E-state index contributed by atoms with van der Waals surface area (Å²) in [7, 11) is 3.49. The van der Waals surface area contributed by atoms with Crippen molar-refractivity contribution < 1.29 is 19.1 Å². The standard InChI is InChI=1S/C23H37N3O4/c1-7-11-26-13-16(3)21(29-6)14-25(5)23(28)19-10-9-18(24-22(27)8-2)12-20(19)30-15-17(26)4/h9-10,12,16-17,21H,7-8,11,13-15H2,1-6H3,(H,24,27)/t16-,17-,21-/m1/s1. The lowest BCUT2D eigenvalue weighted by Gasteiger charge is -2.35. The maximum absolute atomic E-state index is 13.2. The number of nitrogens with zero attached hydrogens (tertiary/aromatic N) is 2. The average Bonchev–Trinajstić information content (AvgIpc) is 2.73. The molecule has 0 radical (unpaired) electrons. The lowest BCUT2D eigenvalue weighted by molar-refractivity contribution is -0.115. The van der Waals surface area contributed by atoms with Gasteiger partial charge in [0.2, 0.25) is 5.91 Å². The van der Waals surface area contributed by atoms with Gasteiger partial charge in [-0.2, -0.15) is 0 Å². The van der Waals surface area contributed by atoms with Crippen molar-refractivity contribution in [2.24, 2.45) is 5.92 Å². The molecule has 7 nitrogen and oxygen atoms in total. The summed E-state index contributed by atoms with van der Waals surface area (Å²) in [6.07, 6.45) is 1.38. The molecule has 0 unspecified atom stereocenters. The third-order valence-electron chi connectivity index (χ3n) is 5.69. The van der Waals surface area contributed by atoms with Crippen LogP contribution in [-0.2, 0) is 9.53 Å². The predicted octanol–water partition coefficient (Wildman–Crippen LogP) is 3.25. The molecule has 1 aromatic rings. The monoisotopic (exact) mass is 419 g/mol. The van der Waals surface area contributed by atoms with Gasteiger partial charge in [-0.05, 0) is 37.9 Å². The lowest BCUT2D eigenvalue weighted by atomic mass is 10.0. The van der Waals surface area contributed by atoms with Crippen molar-refractivity contribution in [2.75, 3.05) is 45.7 Å². The average molecular weight is 420 g/mol. The number of carbonyl (C=O) groups is 2. The van der Waals surface area contributed by atoms with Gasteiger partial charge in [0.25, 0.3) is 5.91 Å². The molecular formula is C23H37N3O4. The van der Waals surface area contributed by atoms with Gasteiger partial charge in [-0.3, -0.25) is 14.5 Å². The first-order valence-electron chi connectivity index (χ1n) is 10.9. The van der Waals surface area contributed by atoms with Crippen LogP contribution in [0.5, 0.6) is 5.75 Å². The summed E-state index contributed by atoms with van der Waals surface area (Å²) in [5.74, 6) is 0.564. The smallest absolute Gasteiger partial charge is 0.257 e. The molecule has 1 N–H and O–H groups in total. The highest BCUT2D eigenvalue weighted by molar-refractivity contribution is 5.98. The van der Waals surface area contributed by atoms with Gasteiger partial charge < -0.3 is 19.7 Å². The maximum atomic E-state index is 13.2. The van der Waals surface area contributed by atoms with Crippen molar-refractivity contribution in [3.05, 3.63) is 23.8 Å². The molecule has 0 saturated heterocycles. The Labute approximate surface area is 180 Å². The molecular weight excluding hydrogens is 382 g/mol. The van der Waals surface area contributed by atoms with Gasteiger partial charge in [0.1, 0.15) is 12.4 Å². The highest BCUT2D eigenvalue weighted by Gasteiger charge is 2.28. The quantitative estimate of drug-likeness (QED) is 0.793. The highest BCUT2D eigenvalue weighted by Crippen LogP contribution is 2.27. The van der Waals surface area contributed by atoms with Crippen LogP contribution in [0.25, 0.3) is 0 Å². The van der Waals surface area contributed by atoms with E-state index in [4.69, 9.17) is 9.47 Å². The topological polar surface area (TPSA) is 71.1 Å². The minimum Gasteiger partial charge on any atom is -0.491 e. The van der Waals surface area contributed by atoms with E-state index in [0.717, 1.165) is 19.5 Å². The molecule has 168 valence electrons. The Morgan fingerprint density at radius 3 is 2.63 bits per heavy atom. The first kappa shape index (κ1) is 24.2. The summed E-state index contributed by atoms with van der Waals surface area (Å²) in [5.41, 5.74) is 1.12. The zero-order valence-corrected chi connectivity index (χ0v) is 19.2. The fraction of sp³-hybridized carbons (Fsp3) is 0.652. The third kappa shape index (κ3) is 6.19. The Balaban J connectivity index is 2.40. The lowest BCUT2D eigenvalue weighted by Crippen LogP contribution is -2.46. The van der Waals surface area contributed by atoms with Crippen LogP contribution in [0.2, 0.25) is 0 Å². The maximum Gasteiger partial charge on any atom is 0.257 e. The van der Waals surface area contributed by atoms with Crippen LogP contribution >= 0.6 is 0 Å². The molecule has 0 aliphatic carbocycles. The molecule has 2 rings (SSSR count). The van der Waals surface area contributed by atoms with E-state index in [2.05, 4.69) is 31.0 Å². The predicted molar refractivity (Wildman–Crippen MR) is 119 cm³/mol. The van der Waals surface area contributed by atoms with Gasteiger partial charge in [-0.15, -0.1) is 0 Å². The van der Waals surface area contributed by atoms with Crippen molar-refractivity contribution in [1.29, 1.82) is 0 Å². The van der Waals surface area contributed by atoms with E-state index in [-0.39, 0.29) is 29.9 Å². The number of ether oxygens (including phenoxy) is 2. The second-order valence-electron chi connectivity index (χ2n) is 8.20. The number of hydrogen-bond donors (Lipinski definition) is 1. The van der Waals surface area contributed by atoms with E-state index < -0.39 is 0 Å². The molecule has 0 bridgehead atoms. The fourth-order valence-electron chi connectivity index (χ4n) is 3.77. The first-order valence-corrected chi connectivity index (χ1v) is 10.9. The minimum atomic E-state index is -0.119. The Bertz CT molecular complexity index is 724. The van der Waals surface area contributed by atoms with Crippen molar-refractivity contribution in [3.8, 4) is 5.75 Å². The van der Waals surface area contributed by atoms with Crippen LogP contribution in [0.4, 0.5) is 5.69 Å². The molecule has 1 heterocycles. The number of nitrogens with one attached hydrogen (secondary N) is 1. The number of rotatable bonds is 5. The van der Waals surface area contributed by atoms with Crippen LogP contribution < -0.4 is 10.1 Å². The van der Waals surface area contributed by atoms with E-state index in [1.807, 2.05) is 0 Å². The molecule has 7 heteroatoms. The first-order chi connectivity index (χ1) is 14.3. The number of likely N-dealkylation sites (N-methyl/N-ethyl adjacent to an activating group) is 1. The van der Waals surface area contributed by atoms with Crippen LogP contribution in [0, 0.1) is 5.92 Å². The molecule has 30 heavy (non-hydrogen) atoms. The minimum absolute atomic E-state index is 0.0579. The second kappa shape index (κ2) is 11.3. The normalized spacial score (nSPS) is 23.7. The molecule has 1 aromatic carbocycles. The van der Waals surface area contributed by atoms with Crippen molar-refractivity contribution >= 4 is 17.5 Å². The molecule has 0 saturated carbocycles. The van der Waals surface area contributed by atoms with Crippen molar-refractivity contribution in [2.45, 2.75) is 52.7 Å². The molecule has 3 atom stereocenters. The highest BCUT2D eigenvalue weighted by atomic mass is 16.5. The van der Waals surface area contributed by atoms with E-state index in [1.165, 1.54) is 0 Å². The Hall–Kier alpha value is -2.12. The number of benzene rings is 1. The Morgan fingerprint density at radius 1 is 1.27 bits per heavy atom. The molecule has 0 aromatic heterocycles. The summed E-state index contributed by atoms with van der Waals surface area (Å²) in [4.78, 5) is 29.0. The zero-order valence-electron chi connectivity index (χ0n) is 19.2. The summed E-state index contributed by atoms with van der Waals surface area (Å²) in [6.45, 7) is 11.1. The van der Waals surface area contributed by atoms with Gasteiger partial charge in [-0.1, -0.05) is 20.8 Å². The van der Waals surface area contributed by atoms with E-state index in [1.54, 1.807) is 44.2 Å². The summed E-state index contributed by atoms with van der Waals surface area (Å²) < 4.78 is 11.9. The molecule has 1 aliphatic rings. The molecule has 1 aliphatic heterocycles. The van der Waals surface area contributed by atoms with Crippen LogP contribution in [0.1, 0.15) is 50.9 Å². The van der Waals surface area contributed by atoms with Crippen LogP contribution in [0.3, 0.4) is 0 Å². The largest absolute Gasteiger partial charge is 0.491 e. The summed E-state index contributed by atoms with van der Waals surface area (Å²) in [5, 5.41) is 2.84. The SMILES string of the molecule is CCCN1C[C@@H](C)[C@H](OC)CN(C)C(=O)c2ccc(NC(=O)CC)cc2OC[C@H]1C. The second-order valence-corrected chi connectivity index (χ2v) is 8.20.